The Morgan fingerprint density at radius 2 is 2.20 bits per heavy atom. The zero-order chi connectivity index (χ0) is 11.3. The smallest absolute Gasteiger partial charge is 0.102 e. The first-order valence-corrected chi connectivity index (χ1v) is 5.29. The fraction of sp³-hybridized carbons (Fsp3) is 0.800. The summed E-state index contributed by atoms with van der Waals surface area (Å²) >= 11 is 0. The molecule has 0 bridgehead atoms. The summed E-state index contributed by atoms with van der Waals surface area (Å²) in [5.74, 6) is 0.658. The molecule has 2 N–H and O–H groups in total. The van der Waals surface area contributed by atoms with E-state index in [0.29, 0.717) is 19.1 Å². The van der Waals surface area contributed by atoms with E-state index in [1.54, 1.807) is 7.11 Å². The molecule has 0 spiro atoms. The van der Waals surface area contributed by atoms with Crippen LogP contribution >= 0.6 is 0 Å². The summed E-state index contributed by atoms with van der Waals surface area (Å²) in [5.41, 5.74) is 7.41. The van der Waals surface area contributed by atoms with Crippen molar-refractivity contribution in [1.29, 1.82) is 0 Å². The fourth-order valence-electron chi connectivity index (χ4n) is 1.38. The van der Waals surface area contributed by atoms with Gasteiger partial charge >= 0.3 is 0 Å². The summed E-state index contributed by atoms with van der Waals surface area (Å²) in [7, 11) is 1.67. The number of aryl methyl sites for hydroxylation is 1. The third-order valence-corrected chi connectivity index (χ3v) is 2.31. The van der Waals surface area contributed by atoms with Crippen LogP contribution in [0.3, 0.4) is 0 Å². The van der Waals surface area contributed by atoms with Gasteiger partial charge in [0.05, 0.1) is 12.3 Å². The zero-order valence-electron chi connectivity index (χ0n) is 9.73. The molecule has 15 heavy (non-hydrogen) atoms. The Hall–Kier alpha value is -0.940. The summed E-state index contributed by atoms with van der Waals surface area (Å²) in [6.45, 7) is 6.20. The highest BCUT2D eigenvalue weighted by Gasteiger charge is 2.11. The number of hydrogen-bond donors (Lipinski definition) is 1. The van der Waals surface area contributed by atoms with Gasteiger partial charge in [-0.2, -0.15) is 0 Å². The van der Waals surface area contributed by atoms with Gasteiger partial charge in [0.2, 0.25) is 0 Å². The molecule has 0 saturated heterocycles. The maximum Gasteiger partial charge on any atom is 0.102 e. The highest BCUT2D eigenvalue weighted by Crippen LogP contribution is 2.09. The number of nitrogens with two attached hydrogens (primary N) is 1. The van der Waals surface area contributed by atoms with Crippen molar-refractivity contribution in [2.24, 2.45) is 11.7 Å². The lowest BCUT2D eigenvalue weighted by Crippen LogP contribution is -2.10. The molecule has 0 fully saturated rings. The van der Waals surface area contributed by atoms with Gasteiger partial charge in [-0.05, 0) is 12.3 Å². The Kier molecular flexibility index (Phi) is 4.71. The fourth-order valence-corrected chi connectivity index (χ4v) is 1.38. The lowest BCUT2D eigenvalue weighted by molar-refractivity contribution is 0.175. The molecule has 0 aliphatic carbocycles. The van der Waals surface area contributed by atoms with E-state index in [1.165, 1.54) is 0 Å². The van der Waals surface area contributed by atoms with Crippen LogP contribution in [0.2, 0.25) is 0 Å². The largest absolute Gasteiger partial charge is 0.378 e. The van der Waals surface area contributed by atoms with E-state index in [1.807, 2.05) is 4.68 Å². The van der Waals surface area contributed by atoms with E-state index < -0.39 is 0 Å². The predicted molar refractivity (Wildman–Crippen MR) is 58.1 cm³/mol. The van der Waals surface area contributed by atoms with Crippen LogP contribution in [-0.4, -0.2) is 22.1 Å². The molecule has 0 aliphatic rings. The first-order chi connectivity index (χ1) is 7.19. The molecule has 0 unspecified atom stereocenters. The highest BCUT2D eigenvalue weighted by atomic mass is 16.5. The van der Waals surface area contributed by atoms with Gasteiger partial charge in [0, 0.05) is 20.2 Å². The lowest BCUT2D eigenvalue weighted by atomic mass is 10.1. The van der Waals surface area contributed by atoms with Crippen LogP contribution in [0.15, 0.2) is 0 Å². The third kappa shape index (κ3) is 3.28. The Balaban J connectivity index is 2.72. The van der Waals surface area contributed by atoms with Crippen molar-refractivity contribution < 1.29 is 4.74 Å². The standard InChI is InChI=1S/C10H20N4O/c1-8(2)4-5-14-10(7-15-3)9(6-11)12-13-14/h8H,4-7,11H2,1-3H3. The zero-order valence-corrected chi connectivity index (χ0v) is 9.73. The van der Waals surface area contributed by atoms with Gasteiger partial charge in [-0.3, -0.25) is 0 Å². The molecular formula is C10H20N4O. The van der Waals surface area contributed by atoms with Crippen LogP contribution in [0.1, 0.15) is 31.7 Å². The van der Waals surface area contributed by atoms with E-state index >= 15 is 0 Å². The number of ether oxygens (including phenoxy) is 1. The van der Waals surface area contributed by atoms with Crippen LogP contribution in [0, 0.1) is 5.92 Å². The minimum atomic E-state index is 0.417. The molecule has 0 amide bonds. The normalized spacial score (nSPS) is 11.3. The molecule has 1 heterocycles. The summed E-state index contributed by atoms with van der Waals surface area (Å²) in [4.78, 5) is 0. The molecule has 86 valence electrons. The van der Waals surface area contributed by atoms with Crippen LogP contribution in [0.5, 0.6) is 0 Å². The first kappa shape index (κ1) is 12.1. The quantitative estimate of drug-likeness (QED) is 0.761. The average Bonchev–Trinajstić information content (AvgIpc) is 2.58. The van der Waals surface area contributed by atoms with Gasteiger partial charge in [-0.15, -0.1) is 5.10 Å². The monoisotopic (exact) mass is 212 g/mol. The maximum absolute atomic E-state index is 5.58. The van der Waals surface area contributed by atoms with Gasteiger partial charge in [0.15, 0.2) is 0 Å². The Labute approximate surface area is 90.6 Å². The highest BCUT2D eigenvalue weighted by molar-refractivity contribution is 5.08. The van der Waals surface area contributed by atoms with Crippen molar-refractivity contribution in [3.05, 3.63) is 11.4 Å². The summed E-state index contributed by atoms with van der Waals surface area (Å²) in [5, 5.41) is 8.12. The van der Waals surface area contributed by atoms with Crippen molar-refractivity contribution in [3.63, 3.8) is 0 Å². The first-order valence-electron chi connectivity index (χ1n) is 5.29. The molecule has 0 atom stereocenters. The predicted octanol–water partition coefficient (Wildman–Crippen LogP) is 0.929. The molecule has 1 aromatic heterocycles. The van der Waals surface area contributed by atoms with Crippen molar-refractivity contribution in [2.75, 3.05) is 7.11 Å². The Morgan fingerprint density at radius 3 is 2.73 bits per heavy atom. The van der Waals surface area contributed by atoms with Crippen LogP contribution in [-0.2, 0) is 24.4 Å². The average molecular weight is 212 g/mol. The van der Waals surface area contributed by atoms with Crippen LogP contribution < -0.4 is 5.73 Å². The third-order valence-electron chi connectivity index (χ3n) is 2.31. The number of hydrogen-bond acceptors (Lipinski definition) is 4. The molecule has 0 aliphatic heterocycles. The summed E-state index contributed by atoms with van der Waals surface area (Å²) < 4.78 is 7.01. The van der Waals surface area contributed by atoms with Crippen molar-refractivity contribution in [3.8, 4) is 0 Å². The SMILES string of the molecule is COCc1c(CN)nnn1CCC(C)C. The number of rotatable bonds is 6. The van der Waals surface area contributed by atoms with E-state index in [4.69, 9.17) is 10.5 Å². The summed E-state index contributed by atoms with van der Waals surface area (Å²) in [6, 6.07) is 0. The van der Waals surface area contributed by atoms with Gasteiger partial charge in [-0.1, -0.05) is 19.1 Å². The molecule has 1 rings (SSSR count). The topological polar surface area (TPSA) is 66.0 Å². The van der Waals surface area contributed by atoms with Gasteiger partial charge < -0.3 is 10.5 Å². The molecule has 0 aromatic carbocycles. The Morgan fingerprint density at radius 1 is 1.47 bits per heavy atom. The minimum Gasteiger partial charge on any atom is -0.378 e. The van der Waals surface area contributed by atoms with E-state index in [-0.39, 0.29) is 0 Å². The second-order valence-electron chi connectivity index (χ2n) is 4.03. The number of methoxy groups -OCH3 is 1. The van der Waals surface area contributed by atoms with Crippen molar-refractivity contribution in [1.82, 2.24) is 15.0 Å². The van der Waals surface area contributed by atoms with Crippen molar-refractivity contribution in [2.45, 2.75) is 40.0 Å². The van der Waals surface area contributed by atoms with E-state index in [9.17, 15) is 0 Å². The van der Waals surface area contributed by atoms with Gasteiger partial charge in [0.1, 0.15) is 5.69 Å². The van der Waals surface area contributed by atoms with E-state index in [0.717, 1.165) is 24.4 Å². The minimum absolute atomic E-state index is 0.417. The molecule has 0 radical (unpaired) electrons. The lowest BCUT2D eigenvalue weighted by Gasteiger charge is -2.08. The molecule has 1 aromatic rings. The number of nitrogens with zero attached hydrogens (tertiary/aromatic N) is 3. The summed E-state index contributed by atoms with van der Waals surface area (Å²) in [6.07, 6.45) is 1.09. The molecule has 5 heteroatoms. The van der Waals surface area contributed by atoms with Gasteiger partial charge in [-0.25, -0.2) is 4.68 Å². The van der Waals surface area contributed by atoms with Crippen LogP contribution in [0.25, 0.3) is 0 Å². The second kappa shape index (κ2) is 5.82. The molecule has 0 saturated carbocycles. The van der Waals surface area contributed by atoms with Gasteiger partial charge in [0.25, 0.3) is 0 Å². The number of aromatic nitrogens is 3. The second-order valence-corrected chi connectivity index (χ2v) is 4.03. The molecular weight excluding hydrogens is 192 g/mol. The maximum atomic E-state index is 5.58. The van der Waals surface area contributed by atoms with Crippen LogP contribution in [0.4, 0.5) is 0 Å². The van der Waals surface area contributed by atoms with Crippen molar-refractivity contribution >= 4 is 0 Å². The Bertz CT molecular complexity index is 296. The molecule has 5 nitrogen and oxygen atoms in total. The van der Waals surface area contributed by atoms with E-state index in [2.05, 4.69) is 24.2 Å².